The first-order chi connectivity index (χ1) is 15.6. The van der Waals surface area contributed by atoms with Crippen molar-refractivity contribution in [1.82, 2.24) is 10.3 Å². The fourth-order valence-corrected chi connectivity index (χ4v) is 3.62. The Kier molecular flexibility index (Phi) is 7.09. The van der Waals surface area contributed by atoms with Crippen LogP contribution in [0.15, 0.2) is 41.7 Å². The molecule has 33 heavy (non-hydrogen) atoms. The van der Waals surface area contributed by atoms with Gasteiger partial charge < -0.3 is 14.9 Å². The molecule has 0 aliphatic carbocycles. The summed E-state index contributed by atoms with van der Waals surface area (Å²) < 4.78 is 18.4. The van der Waals surface area contributed by atoms with Crippen molar-refractivity contribution in [3.05, 3.63) is 42.1 Å². The lowest BCUT2D eigenvalue weighted by Crippen LogP contribution is -2.53. The zero-order valence-electron chi connectivity index (χ0n) is 19.2. The standard InChI is InChI=1S/C24H28FN3O5/c1-5-24(22(31)27-18(20(29)14-25)12-21(30)32-23(2,3)4)13-19(28-33-24)16-10-11-26-17-9-7-6-8-15(16)17/h6-11,18H,5,12-14H2,1-4H3,(H,27,31). The van der Waals surface area contributed by atoms with E-state index in [2.05, 4.69) is 15.5 Å². The summed E-state index contributed by atoms with van der Waals surface area (Å²) in [7, 11) is 0. The minimum atomic E-state index is -1.39. The fourth-order valence-electron chi connectivity index (χ4n) is 3.62. The van der Waals surface area contributed by atoms with Crippen LogP contribution in [0.1, 0.15) is 52.5 Å². The minimum Gasteiger partial charge on any atom is -0.460 e. The SMILES string of the molecule is CCC1(C(=O)NC(CC(=O)OC(C)(C)C)C(=O)CF)CC(c2ccnc3ccccc23)=NO1. The minimum absolute atomic E-state index is 0.145. The number of carbonyl (C=O) groups excluding carboxylic acids is 3. The molecule has 9 heteroatoms. The van der Waals surface area contributed by atoms with E-state index in [1.54, 1.807) is 40.0 Å². The number of ether oxygens (including phenoxy) is 1. The highest BCUT2D eigenvalue weighted by Crippen LogP contribution is 2.32. The van der Waals surface area contributed by atoms with Gasteiger partial charge >= 0.3 is 5.97 Å². The molecule has 0 spiro atoms. The number of hydrogen-bond donors (Lipinski definition) is 1. The van der Waals surface area contributed by atoms with E-state index in [9.17, 15) is 18.8 Å². The number of alkyl halides is 1. The Morgan fingerprint density at radius 1 is 1.24 bits per heavy atom. The molecule has 0 bridgehead atoms. The molecule has 2 aromatic rings. The largest absolute Gasteiger partial charge is 0.460 e. The number of Topliss-reactive ketones (excluding diaryl/α,β-unsaturated/α-hetero) is 1. The number of oxime groups is 1. The van der Waals surface area contributed by atoms with Crippen molar-refractivity contribution < 1.29 is 28.3 Å². The lowest BCUT2D eigenvalue weighted by atomic mass is 9.89. The van der Waals surface area contributed by atoms with Crippen LogP contribution in [0.2, 0.25) is 0 Å². The highest BCUT2D eigenvalue weighted by molar-refractivity contribution is 6.12. The molecular formula is C24H28FN3O5. The summed E-state index contributed by atoms with van der Waals surface area (Å²) in [5.41, 5.74) is -0.0376. The van der Waals surface area contributed by atoms with Crippen LogP contribution < -0.4 is 5.32 Å². The molecule has 3 rings (SSSR count). The maximum absolute atomic E-state index is 13.2. The summed E-state index contributed by atoms with van der Waals surface area (Å²) in [5.74, 6) is -2.27. The van der Waals surface area contributed by atoms with Gasteiger partial charge in [0.15, 0.2) is 5.78 Å². The third-order valence-corrected chi connectivity index (χ3v) is 5.34. The average Bonchev–Trinajstić information content (AvgIpc) is 3.22. The number of aromatic nitrogens is 1. The van der Waals surface area contributed by atoms with Crippen molar-refractivity contribution >= 4 is 34.3 Å². The predicted molar refractivity (Wildman–Crippen MR) is 120 cm³/mol. The van der Waals surface area contributed by atoms with Gasteiger partial charge in [-0.3, -0.25) is 19.4 Å². The van der Waals surface area contributed by atoms with Gasteiger partial charge in [-0.1, -0.05) is 30.3 Å². The Bertz CT molecular complexity index is 1090. The van der Waals surface area contributed by atoms with Gasteiger partial charge in [0.05, 0.1) is 17.6 Å². The number of nitrogens with zero attached hydrogens (tertiary/aromatic N) is 2. The summed E-state index contributed by atoms with van der Waals surface area (Å²) in [4.78, 5) is 47.4. The molecule has 0 saturated heterocycles. The Labute approximate surface area is 191 Å². The topological polar surface area (TPSA) is 107 Å². The van der Waals surface area contributed by atoms with Gasteiger partial charge in [0.1, 0.15) is 18.3 Å². The van der Waals surface area contributed by atoms with Crippen LogP contribution in [0.5, 0.6) is 0 Å². The van der Waals surface area contributed by atoms with Crippen molar-refractivity contribution in [3.8, 4) is 0 Å². The monoisotopic (exact) mass is 457 g/mol. The maximum atomic E-state index is 13.2. The van der Waals surface area contributed by atoms with Crippen molar-refractivity contribution in [2.75, 3.05) is 6.67 Å². The molecule has 1 N–H and O–H groups in total. The predicted octanol–water partition coefficient (Wildman–Crippen LogP) is 3.26. The number of hydrogen-bond acceptors (Lipinski definition) is 7. The molecular weight excluding hydrogens is 429 g/mol. The van der Waals surface area contributed by atoms with Crippen LogP contribution in [0.25, 0.3) is 10.9 Å². The lowest BCUT2D eigenvalue weighted by Gasteiger charge is -2.27. The van der Waals surface area contributed by atoms with E-state index in [1.165, 1.54) is 0 Å². The number of carbonyl (C=O) groups is 3. The van der Waals surface area contributed by atoms with Gasteiger partial charge in [0.25, 0.3) is 5.91 Å². The number of rotatable bonds is 8. The van der Waals surface area contributed by atoms with Crippen molar-refractivity contribution in [2.24, 2.45) is 5.16 Å². The molecule has 8 nitrogen and oxygen atoms in total. The smallest absolute Gasteiger partial charge is 0.308 e. The number of halogens is 1. The van der Waals surface area contributed by atoms with Crippen LogP contribution in [-0.4, -0.2) is 52.3 Å². The summed E-state index contributed by atoms with van der Waals surface area (Å²) in [6.07, 6.45) is 1.57. The molecule has 2 atom stereocenters. The number of amides is 1. The molecule has 1 aliphatic heterocycles. The first-order valence-corrected chi connectivity index (χ1v) is 10.8. The number of fused-ring (bicyclic) bond motifs is 1. The van der Waals surface area contributed by atoms with Crippen LogP contribution in [-0.2, 0) is 24.0 Å². The second-order valence-electron chi connectivity index (χ2n) is 8.95. The fraction of sp³-hybridized carbons (Fsp3) is 0.458. The first kappa shape index (κ1) is 24.3. The summed E-state index contributed by atoms with van der Waals surface area (Å²) >= 11 is 0. The van der Waals surface area contributed by atoms with Crippen molar-refractivity contribution in [3.63, 3.8) is 0 Å². The third kappa shape index (κ3) is 5.53. The van der Waals surface area contributed by atoms with Crippen molar-refractivity contribution in [1.29, 1.82) is 0 Å². The molecule has 0 fully saturated rings. The highest BCUT2D eigenvalue weighted by atomic mass is 19.1. The first-order valence-electron chi connectivity index (χ1n) is 10.8. The molecule has 2 heterocycles. The van der Waals surface area contributed by atoms with E-state index in [1.807, 2.05) is 24.3 Å². The number of ketones is 1. The zero-order chi connectivity index (χ0) is 24.2. The zero-order valence-corrected chi connectivity index (χ0v) is 19.2. The second-order valence-corrected chi connectivity index (χ2v) is 8.95. The Morgan fingerprint density at radius 2 is 1.97 bits per heavy atom. The molecule has 0 radical (unpaired) electrons. The van der Waals surface area contributed by atoms with Gasteiger partial charge in [-0.05, 0) is 39.3 Å². The van der Waals surface area contributed by atoms with Gasteiger partial charge in [0.2, 0.25) is 5.60 Å². The Hall–Kier alpha value is -3.36. The maximum Gasteiger partial charge on any atom is 0.308 e. The lowest BCUT2D eigenvalue weighted by molar-refractivity contribution is -0.157. The van der Waals surface area contributed by atoms with E-state index in [0.717, 1.165) is 16.5 Å². The average molecular weight is 458 g/mol. The Balaban J connectivity index is 1.78. The number of pyridine rings is 1. The molecule has 1 amide bonds. The molecule has 1 aromatic carbocycles. The quantitative estimate of drug-likeness (QED) is 0.610. The van der Waals surface area contributed by atoms with Crippen LogP contribution in [0.4, 0.5) is 4.39 Å². The number of esters is 1. The van der Waals surface area contributed by atoms with Crippen LogP contribution in [0, 0.1) is 0 Å². The van der Waals surface area contributed by atoms with E-state index in [0.29, 0.717) is 5.71 Å². The van der Waals surface area contributed by atoms with E-state index < -0.39 is 48.0 Å². The van der Waals surface area contributed by atoms with Gasteiger partial charge in [-0.25, -0.2) is 4.39 Å². The molecule has 1 aromatic heterocycles. The second kappa shape index (κ2) is 9.64. The summed E-state index contributed by atoms with van der Waals surface area (Å²) in [6, 6.07) is 7.97. The summed E-state index contributed by atoms with van der Waals surface area (Å²) in [5, 5.41) is 7.51. The molecule has 176 valence electrons. The van der Waals surface area contributed by atoms with E-state index >= 15 is 0 Å². The normalized spacial score (nSPS) is 18.9. The number of para-hydroxylation sites is 1. The van der Waals surface area contributed by atoms with E-state index in [4.69, 9.17) is 9.57 Å². The van der Waals surface area contributed by atoms with Gasteiger partial charge in [0, 0.05) is 23.6 Å². The highest BCUT2D eigenvalue weighted by Gasteiger charge is 2.46. The van der Waals surface area contributed by atoms with Gasteiger partial charge in [-0.2, -0.15) is 0 Å². The van der Waals surface area contributed by atoms with Gasteiger partial charge in [-0.15, -0.1) is 0 Å². The summed E-state index contributed by atoms with van der Waals surface area (Å²) in [6.45, 7) is 5.46. The molecule has 1 aliphatic rings. The van der Waals surface area contributed by atoms with Crippen molar-refractivity contribution in [2.45, 2.75) is 64.2 Å². The number of benzene rings is 1. The number of nitrogens with one attached hydrogen (secondary N) is 1. The Morgan fingerprint density at radius 3 is 2.64 bits per heavy atom. The molecule has 0 saturated carbocycles. The molecule has 2 unspecified atom stereocenters. The third-order valence-electron chi connectivity index (χ3n) is 5.34. The van der Waals surface area contributed by atoms with E-state index in [-0.39, 0.29) is 12.8 Å². The van der Waals surface area contributed by atoms with Crippen LogP contribution >= 0.6 is 0 Å². The van der Waals surface area contributed by atoms with Crippen LogP contribution in [0.3, 0.4) is 0 Å².